The van der Waals surface area contributed by atoms with Crippen LogP contribution in [-0.2, 0) is 0 Å². The molecule has 5 rings (SSSR count). The number of aliphatic hydroxyl groups is 1. The minimum Gasteiger partial charge on any atom is -0.390 e. The molecule has 0 aromatic heterocycles. The van der Waals surface area contributed by atoms with Gasteiger partial charge >= 0.3 is 0 Å². The van der Waals surface area contributed by atoms with Crippen molar-refractivity contribution in [2.24, 2.45) is 5.41 Å². The zero-order valence-electron chi connectivity index (χ0n) is 20.3. The van der Waals surface area contributed by atoms with Gasteiger partial charge in [0.05, 0.1) is 6.10 Å². The van der Waals surface area contributed by atoms with Crippen LogP contribution >= 0.6 is 0 Å². The van der Waals surface area contributed by atoms with Gasteiger partial charge in [-0.15, -0.1) is 0 Å². The number of likely N-dealkylation sites (tertiary alicyclic amines) is 4. The van der Waals surface area contributed by atoms with Gasteiger partial charge in [0.15, 0.2) is 0 Å². The van der Waals surface area contributed by atoms with Crippen molar-refractivity contribution in [2.45, 2.75) is 102 Å². The average Bonchev–Trinajstić information content (AvgIpc) is 2.60. The van der Waals surface area contributed by atoms with Crippen molar-refractivity contribution in [1.29, 1.82) is 0 Å². The van der Waals surface area contributed by atoms with Crippen molar-refractivity contribution in [1.82, 2.24) is 19.6 Å². The van der Waals surface area contributed by atoms with E-state index in [-0.39, 0.29) is 17.2 Å². The second kappa shape index (κ2) is 7.90. The predicted octanol–water partition coefficient (Wildman–Crippen LogP) is 2.58. The summed E-state index contributed by atoms with van der Waals surface area (Å²) in [5, 5.41) is 9.59. The first-order valence-corrected chi connectivity index (χ1v) is 12.9. The molecule has 4 aliphatic heterocycles. The van der Waals surface area contributed by atoms with Crippen LogP contribution in [0.25, 0.3) is 0 Å². The average molecular weight is 437 g/mol. The standard InChI is InChI=1S/C25H45FN4O/c1-23(2,29-9-5-20(6-10-29)28-15-22(31)16-28)7-8-24(3,4)30-17-25(18-30)11-21(12-25)27-13-19(26)14-27/h19-22,31H,5-18H2,1-4H3. The number of hydrogen-bond donors (Lipinski definition) is 1. The first-order chi connectivity index (χ1) is 14.6. The van der Waals surface area contributed by atoms with Crippen LogP contribution in [0.2, 0.25) is 0 Å². The molecule has 1 aliphatic carbocycles. The highest BCUT2D eigenvalue weighted by atomic mass is 19.1. The van der Waals surface area contributed by atoms with E-state index in [1.54, 1.807) is 0 Å². The Morgan fingerprint density at radius 3 is 1.84 bits per heavy atom. The van der Waals surface area contributed by atoms with Crippen molar-refractivity contribution >= 4 is 0 Å². The quantitative estimate of drug-likeness (QED) is 0.663. The lowest BCUT2D eigenvalue weighted by atomic mass is 9.58. The summed E-state index contributed by atoms with van der Waals surface area (Å²) in [7, 11) is 0. The molecular formula is C25H45FN4O. The van der Waals surface area contributed by atoms with Crippen LogP contribution in [0.5, 0.6) is 0 Å². The normalized spacial score (nSPS) is 30.8. The zero-order chi connectivity index (χ0) is 22.0. The van der Waals surface area contributed by atoms with E-state index in [0.29, 0.717) is 30.6 Å². The minimum atomic E-state index is -0.564. The van der Waals surface area contributed by atoms with Crippen molar-refractivity contribution in [2.75, 3.05) is 52.4 Å². The third-order valence-corrected chi connectivity index (χ3v) is 9.70. The monoisotopic (exact) mass is 436 g/mol. The van der Waals surface area contributed by atoms with E-state index < -0.39 is 6.17 Å². The van der Waals surface area contributed by atoms with Crippen LogP contribution in [-0.4, -0.2) is 113 Å². The van der Waals surface area contributed by atoms with E-state index in [0.717, 1.165) is 13.1 Å². The summed E-state index contributed by atoms with van der Waals surface area (Å²) in [5.74, 6) is 0. The summed E-state index contributed by atoms with van der Waals surface area (Å²) in [6, 6.07) is 1.35. The molecule has 1 saturated carbocycles. The number of hydrogen-bond acceptors (Lipinski definition) is 5. The van der Waals surface area contributed by atoms with Crippen molar-refractivity contribution in [3.05, 3.63) is 0 Å². The van der Waals surface area contributed by atoms with Gasteiger partial charge in [0.25, 0.3) is 0 Å². The SMILES string of the molecule is CC(C)(CCC(C)(C)N1CC2(CC(N3CC(F)C3)C2)C1)N1CCC(N2CC(O)C2)CC1. The van der Waals surface area contributed by atoms with Crippen LogP contribution in [0.4, 0.5) is 4.39 Å². The third-order valence-electron chi connectivity index (χ3n) is 9.70. The lowest BCUT2D eigenvalue weighted by molar-refractivity contribution is -0.160. The number of nitrogens with zero attached hydrogens (tertiary/aromatic N) is 4. The van der Waals surface area contributed by atoms with Crippen molar-refractivity contribution in [3.8, 4) is 0 Å². The van der Waals surface area contributed by atoms with Gasteiger partial charge < -0.3 is 5.11 Å². The van der Waals surface area contributed by atoms with E-state index in [1.165, 1.54) is 64.7 Å². The zero-order valence-corrected chi connectivity index (χ0v) is 20.3. The lowest BCUT2D eigenvalue weighted by Crippen LogP contribution is -2.72. The molecule has 0 bridgehead atoms. The van der Waals surface area contributed by atoms with Crippen LogP contribution in [0.1, 0.15) is 66.2 Å². The lowest BCUT2D eigenvalue weighted by Gasteiger charge is -2.65. The van der Waals surface area contributed by atoms with Crippen LogP contribution in [0.3, 0.4) is 0 Å². The Labute approximate surface area is 188 Å². The van der Waals surface area contributed by atoms with E-state index in [2.05, 4.69) is 47.3 Å². The molecule has 178 valence electrons. The van der Waals surface area contributed by atoms with E-state index in [1.807, 2.05) is 0 Å². The molecule has 0 unspecified atom stereocenters. The molecule has 1 spiro atoms. The van der Waals surface area contributed by atoms with Gasteiger partial charge in [-0.05, 0) is 71.6 Å². The summed E-state index contributed by atoms with van der Waals surface area (Å²) >= 11 is 0. The smallest absolute Gasteiger partial charge is 0.125 e. The summed E-state index contributed by atoms with van der Waals surface area (Å²) < 4.78 is 13.1. The molecule has 0 atom stereocenters. The Morgan fingerprint density at radius 1 is 0.806 bits per heavy atom. The molecule has 5 fully saturated rings. The molecule has 5 aliphatic rings. The first kappa shape index (κ1) is 22.5. The highest BCUT2D eigenvalue weighted by Gasteiger charge is 2.57. The Kier molecular flexibility index (Phi) is 5.74. The Bertz CT molecular complexity index is 636. The second-order valence-electron chi connectivity index (χ2n) is 12.9. The fraction of sp³-hybridized carbons (Fsp3) is 1.00. The fourth-order valence-corrected chi connectivity index (χ4v) is 6.95. The Hall–Kier alpha value is -0.270. The molecule has 4 saturated heterocycles. The molecule has 5 nitrogen and oxygen atoms in total. The molecule has 0 amide bonds. The number of alkyl halides is 1. The topological polar surface area (TPSA) is 33.2 Å². The van der Waals surface area contributed by atoms with Gasteiger partial charge in [0, 0.05) is 75.5 Å². The Balaban J connectivity index is 1.04. The molecule has 4 heterocycles. The maximum absolute atomic E-state index is 13.1. The fourth-order valence-electron chi connectivity index (χ4n) is 6.95. The predicted molar refractivity (Wildman–Crippen MR) is 123 cm³/mol. The number of aliphatic hydroxyl groups excluding tert-OH is 1. The highest BCUT2D eigenvalue weighted by Crippen LogP contribution is 2.53. The van der Waals surface area contributed by atoms with Gasteiger partial charge in [0.1, 0.15) is 6.17 Å². The molecule has 0 aromatic carbocycles. The summed E-state index contributed by atoms with van der Waals surface area (Å²) in [6.07, 6.45) is 6.91. The van der Waals surface area contributed by atoms with Crippen LogP contribution < -0.4 is 0 Å². The molecular weight excluding hydrogens is 391 g/mol. The number of β-amino-alcohol motifs (C(OH)–C–C–N with tert-alkyl or cyclic N) is 1. The molecule has 0 aromatic rings. The van der Waals surface area contributed by atoms with Gasteiger partial charge in [-0.25, -0.2) is 4.39 Å². The molecule has 31 heavy (non-hydrogen) atoms. The first-order valence-electron chi connectivity index (χ1n) is 12.9. The number of piperidine rings is 1. The highest BCUT2D eigenvalue weighted by molar-refractivity contribution is 5.11. The minimum absolute atomic E-state index is 0.0821. The third kappa shape index (κ3) is 4.32. The van der Waals surface area contributed by atoms with E-state index in [9.17, 15) is 9.50 Å². The maximum Gasteiger partial charge on any atom is 0.125 e. The summed E-state index contributed by atoms with van der Waals surface area (Å²) in [4.78, 5) is 10.3. The van der Waals surface area contributed by atoms with Crippen molar-refractivity contribution in [3.63, 3.8) is 0 Å². The van der Waals surface area contributed by atoms with Crippen molar-refractivity contribution < 1.29 is 9.50 Å². The molecule has 1 N–H and O–H groups in total. The Morgan fingerprint density at radius 2 is 1.32 bits per heavy atom. The second-order valence-corrected chi connectivity index (χ2v) is 12.9. The van der Waals surface area contributed by atoms with Gasteiger partial charge in [-0.1, -0.05) is 0 Å². The number of rotatable bonds is 7. The molecule has 0 radical (unpaired) electrons. The van der Waals surface area contributed by atoms with E-state index in [4.69, 9.17) is 0 Å². The van der Waals surface area contributed by atoms with Crippen LogP contribution in [0.15, 0.2) is 0 Å². The number of halogens is 1. The van der Waals surface area contributed by atoms with Crippen LogP contribution in [0, 0.1) is 5.41 Å². The molecule has 6 heteroatoms. The van der Waals surface area contributed by atoms with Gasteiger partial charge in [-0.3, -0.25) is 19.6 Å². The summed E-state index contributed by atoms with van der Waals surface area (Å²) in [6.45, 7) is 17.8. The summed E-state index contributed by atoms with van der Waals surface area (Å²) in [5.41, 5.74) is 1.06. The maximum atomic E-state index is 13.1. The van der Waals surface area contributed by atoms with E-state index >= 15 is 0 Å². The van der Waals surface area contributed by atoms with Gasteiger partial charge in [0.2, 0.25) is 0 Å². The largest absolute Gasteiger partial charge is 0.390 e. The van der Waals surface area contributed by atoms with Gasteiger partial charge in [-0.2, -0.15) is 0 Å².